The molecular formula is C16H22N4O4. The Bertz CT molecular complexity index is 617. The maximum atomic E-state index is 12.2. The molecule has 0 bridgehead atoms. The molecule has 2 amide bonds. The average molecular weight is 334 g/mol. The Hall–Kier alpha value is -2.48. The lowest BCUT2D eigenvalue weighted by Gasteiger charge is -2.21. The second kappa shape index (κ2) is 7.87. The number of likely N-dealkylation sites (tertiary alicyclic amines) is 1. The lowest BCUT2D eigenvalue weighted by molar-refractivity contribution is -0.384. The molecule has 1 aromatic rings. The van der Waals surface area contributed by atoms with Gasteiger partial charge in [0.1, 0.15) is 0 Å². The number of hydrogen-bond donors (Lipinski definition) is 2. The molecule has 0 saturated carbocycles. The number of nitro groups is 1. The van der Waals surface area contributed by atoms with E-state index in [9.17, 15) is 19.7 Å². The van der Waals surface area contributed by atoms with Gasteiger partial charge in [0.05, 0.1) is 4.92 Å². The molecule has 2 rings (SSSR count). The number of rotatable bonds is 6. The predicted molar refractivity (Wildman–Crippen MR) is 88.4 cm³/mol. The number of nitro benzene ring substituents is 1. The zero-order valence-electron chi connectivity index (χ0n) is 13.6. The summed E-state index contributed by atoms with van der Waals surface area (Å²) < 4.78 is 0. The van der Waals surface area contributed by atoms with E-state index in [0.29, 0.717) is 24.6 Å². The van der Waals surface area contributed by atoms with E-state index in [1.165, 1.54) is 24.3 Å². The van der Waals surface area contributed by atoms with Crippen molar-refractivity contribution in [2.45, 2.75) is 25.8 Å². The predicted octanol–water partition coefficient (Wildman–Crippen LogP) is 0.910. The van der Waals surface area contributed by atoms with Crippen molar-refractivity contribution in [1.82, 2.24) is 10.2 Å². The normalized spacial score (nSPS) is 20.0. The number of benzene rings is 1. The van der Waals surface area contributed by atoms with Crippen LogP contribution in [0.3, 0.4) is 0 Å². The average Bonchev–Trinajstić information content (AvgIpc) is 2.95. The van der Waals surface area contributed by atoms with Gasteiger partial charge >= 0.3 is 0 Å². The van der Waals surface area contributed by atoms with Crippen LogP contribution >= 0.6 is 0 Å². The highest BCUT2D eigenvalue weighted by molar-refractivity contribution is 5.94. The van der Waals surface area contributed by atoms with Gasteiger partial charge in [-0.05, 0) is 37.9 Å². The fourth-order valence-electron chi connectivity index (χ4n) is 2.92. The molecule has 8 heteroatoms. The first kappa shape index (κ1) is 17.9. The van der Waals surface area contributed by atoms with Crippen molar-refractivity contribution >= 4 is 17.5 Å². The highest BCUT2D eigenvalue weighted by Crippen LogP contribution is 2.22. The van der Waals surface area contributed by atoms with E-state index >= 15 is 0 Å². The van der Waals surface area contributed by atoms with Gasteiger partial charge in [-0.15, -0.1) is 0 Å². The Balaban J connectivity index is 1.80. The lowest BCUT2D eigenvalue weighted by atomic mass is 10.1. The van der Waals surface area contributed by atoms with E-state index < -0.39 is 4.92 Å². The molecule has 1 heterocycles. The first-order valence-electron chi connectivity index (χ1n) is 7.94. The molecular weight excluding hydrogens is 312 g/mol. The molecule has 1 aromatic carbocycles. The van der Waals surface area contributed by atoms with Gasteiger partial charge in [-0.25, -0.2) is 0 Å². The van der Waals surface area contributed by atoms with E-state index in [2.05, 4.69) is 5.32 Å². The number of nitrogens with one attached hydrogen (secondary N) is 1. The molecule has 0 aromatic heterocycles. The Labute approximate surface area is 140 Å². The van der Waals surface area contributed by atoms with E-state index in [-0.39, 0.29) is 36.5 Å². The van der Waals surface area contributed by atoms with Gasteiger partial charge < -0.3 is 16.0 Å². The number of hydrogen-bond acceptors (Lipinski definition) is 5. The van der Waals surface area contributed by atoms with Gasteiger partial charge in [0.2, 0.25) is 5.91 Å². The number of non-ortho nitro benzene ring substituents is 1. The van der Waals surface area contributed by atoms with Gasteiger partial charge in [-0.2, -0.15) is 0 Å². The Morgan fingerprint density at radius 3 is 2.58 bits per heavy atom. The summed E-state index contributed by atoms with van der Waals surface area (Å²) in [5.74, 6) is -0.00639. The van der Waals surface area contributed by atoms with Crippen LogP contribution in [0.1, 0.15) is 30.1 Å². The van der Waals surface area contributed by atoms with E-state index in [1.807, 2.05) is 11.8 Å². The fourth-order valence-corrected chi connectivity index (χ4v) is 2.92. The molecule has 3 N–H and O–H groups in total. The molecule has 1 fully saturated rings. The molecule has 0 aliphatic carbocycles. The van der Waals surface area contributed by atoms with Gasteiger partial charge in [0, 0.05) is 43.2 Å². The summed E-state index contributed by atoms with van der Waals surface area (Å²) >= 11 is 0. The van der Waals surface area contributed by atoms with Crippen LogP contribution in [0.5, 0.6) is 0 Å². The first-order valence-corrected chi connectivity index (χ1v) is 7.94. The maximum absolute atomic E-state index is 12.2. The summed E-state index contributed by atoms with van der Waals surface area (Å²) in [6.45, 7) is 3.48. The van der Waals surface area contributed by atoms with Gasteiger partial charge in [-0.1, -0.05) is 0 Å². The standard InChI is InChI=1S/C16H22N4O4/c1-11-8-12(9-17)10-19(11)15(21)6-7-18-16(22)13-2-4-14(5-3-13)20(23)24/h2-5,11-12H,6-10,17H2,1H3,(H,18,22). The quantitative estimate of drug-likeness (QED) is 0.592. The minimum atomic E-state index is -0.522. The zero-order valence-corrected chi connectivity index (χ0v) is 13.6. The van der Waals surface area contributed by atoms with Crippen LogP contribution < -0.4 is 11.1 Å². The van der Waals surface area contributed by atoms with Crippen molar-refractivity contribution in [2.75, 3.05) is 19.6 Å². The number of nitrogens with two attached hydrogens (primary N) is 1. The largest absolute Gasteiger partial charge is 0.352 e. The summed E-state index contributed by atoms with van der Waals surface area (Å²) in [6, 6.07) is 5.52. The second-order valence-corrected chi connectivity index (χ2v) is 6.04. The second-order valence-electron chi connectivity index (χ2n) is 6.04. The Morgan fingerprint density at radius 2 is 2.04 bits per heavy atom. The molecule has 1 aliphatic rings. The van der Waals surface area contributed by atoms with Crippen LogP contribution in [-0.2, 0) is 4.79 Å². The maximum Gasteiger partial charge on any atom is 0.269 e. The van der Waals surface area contributed by atoms with Crippen molar-refractivity contribution in [3.8, 4) is 0 Å². The third kappa shape index (κ3) is 4.29. The minimum Gasteiger partial charge on any atom is -0.352 e. The molecule has 0 spiro atoms. The van der Waals surface area contributed by atoms with Crippen LogP contribution in [0.25, 0.3) is 0 Å². The van der Waals surface area contributed by atoms with E-state index in [1.54, 1.807) is 0 Å². The van der Waals surface area contributed by atoms with Crippen molar-refractivity contribution in [3.63, 3.8) is 0 Å². The number of nitrogens with zero attached hydrogens (tertiary/aromatic N) is 2. The summed E-state index contributed by atoms with van der Waals surface area (Å²) in [5.41, 5.74) is 5.91. The van der Waals surface area contributed by atoms with E-state index in [4.69, 9.17) is 5.73 Å². The highest BCUT2D eigenvalue weighted by atomic mass is 16.6. The number of carbonyl (C=O) groups excluding carboxylic acids is 2. The summed E-state index contributed by atoms with van der Waals surface area (Å²) in [6.07, 6.45) is 1.14. The van der Waals surface area contributed by atoms with Crippen molar-refractivity contribution in [3.05, 3.63) is 39.9 Å². The minimum absolute atomic E-state index is 0.00227. The summed E-state index contributed by atoms with van der Waals surface area (Å²) in [4.78, 5) is 36.1. The summed E-state index contributed by atoms with van der Waals surface area (Å²) in [7, 11) is 0. The van der Waals surface area contributed by atoms with Gasteiger partial charge in [-0.3, -0.25) is 19.7 Å². The van der Waals surface area contributed by atoms with Crippen LogP contribution in [0, 0.1) is 16.0 Å². The van der Waals surface area contributed by atoms with Crippen LogP contribution in [0.2, 0.25) is 0 Å². The van der Waals surface area contributed by atoms with E-state index in [0.717, 1.165) is 6.42 Å². The number of carbonyl (C=O) groups is 2. The smallest absolute Gasteiger partial charge is 0.269 e. The summed E-state index contributed by atoms with van der Waals surface area (Å²) in [5, 5.41) is 13.2. The zero-order chi connectivity index (χ0) is 17.7. The SMILES string of the molecule is CC1CC(CN)CN1C(=O)CCNC(=O)c1ccc([N+](=O)[O-])cc1. The monoisotopic (exact) mass is 334 g/mol. The topological polar surface area (TPSA) is 119 Å². The molecule has 1 saturated heterocycles. The molecule has 0 radical (unpaired) electrons. The van der Waals surface area contributed by atoms with Crippen molar-refractivity contribution < 1.29 is 14.5 Å². The molecule has 8 nitrogen and oxygen atoms in total. The third-order valence-electron chi connectivity index (χ3n) is 4.28. The Morgan fingerprint density at radius 1 is 1.38 bits per heavy atom. The van der Waals surface area contributed by atoms with Crippen molar-refractivity contribution in [2.24, 2.45) is 11.7 Å². The Kier molecular flexibility index (Phi) is 5.86. The highest BCUT2D eigenvalue weighted by Gasteiger charge is 2.31. The third-order valence-corrected chi connectivity index (χ3v) is 4.28. The van der Waals surface area contributed by atoms with Crippen molar-refractivity contribution in [1.29, 1.82) is 0 Å². The van der Waals surface area contributed by atoms with Crippen LogP contribution in [0.4, 0.5) is 5.69 Å². The molecule has 1 aliphatic heterocycles. The molecule has 2 atom stereocenters. The van der Waals surface area contributed by atoms with Gasteiger partial charge in [0.15, 0.2) is 0 Å². The fraction of sp³-hybridized carbons (Fsp3) is 0.500. The van der Waals surface area contributed by atoms with Crippen LogP contribution in [0.15, 0.2) is 24.3 Å². The number of amides is 2. The molecule has 24 heavy (non-hydrogen) atoms. The molecule has 130 valence electrons. The molecule has 2 unspecified atom stereocenters. The van der Waals surface area contributed by atoms with Crippen LogP contribution in [-0.4, -0.2) is 47.3 Å². The van der Waals surface area contributed by atoms with Gasteiger partial charge in [0.25, 0.3) is 11.6 Å². The lowest BCUT2D eigenvalue weighted by Crippen LogP contribution is -2.37. The first-order chi connectivity index (χ1) is 11.4.